The van der Waals surface area contributed by atoms with Gasteiger partial charge < -0.3 is 5.73 Å². The summed E-state index contributed by atoms with van der Waals surface area (Å²) in [6.07, 6.45) is 4.38. The second-order valence-electron chi connectivity index (χ2n) is 6.90. The van der Waals surface area contributed by atoms with Crippen LogP contribution in [0.2, 0.25) is 0 Å². The molecule has 2 atom stereocenters. The molecule has 1 aliphatic carbocycles. The Bertz CT molecular complexity index is 300. The molecule has 2 bridgehead atoms. The van der Waals surface area contributed by atoms with Crippen molar-refractivity contribution in [2.24, 2.45) is 16.6 Å². The van der Waals surface area contributed by atoms with Crippen molar-refractivity contribution >= 4 is 5.91 Å². The highest BCUT2D eigenvalue weighted by Crippen LogP contribution is 2.52. The molecule has 2 N–H and O–H groups in total. The number of carbonyl (C=O) groups excluding carboxylic acids is 1. The highest BCUT2D eigenvalue weighted by atomic mass is 16.1. The van der Waals surface area contributed by atoms with Crippen molar-refractivity contribution in [2.75, 3.05) is 13.1 Å². The van der Waals surface area contributed by atoms with Gasteiger partial charge in [0.05, 0.1) is 0 Å². The molecule has 0 radical (unpaired) electrons. The number of rotatable bonds is 3. The maximum Gasteiger partial charge on any atom is 0.218 e. The molecular weight excluding hydrogens is 200 g/mol. The van der Waals surface area contributed by atoms with Gasteiger partial charge in [0, 0.05) is 25.6 Å². The summed E-state index contributed by atoms with van der Waals surface area (Å²) in [6.45, 7) is 9.13. The van der Waals surface area contributed by atoms with E-state index in [2.05, 4.69) is 25.7 Å². The molecule has 2 rings (SSSR count). The lowest BCUT2D eigenvalue weighted by molar-refractivity contribution is -0.118. The summed E-state index contributed by atoms with van der Waals surface area (Å²) in [5, 5.41) is 0. The van der Waals surface area contributed by atoms with Gasteiger partial charge in [0.15, 0.2) is 0 Å². The Kier molecular flexibility index (Phi) is 2.77. The number of likely N-dealkylation sites (tertiary alicyclic amines) is 1. The molecule has 2 fully saturated rings. The van der Waals surface area contributed by atoms with Crippen LogP contribution in [0.3, 0.4) is 0 Å². The van der Waals surface area contributed by atoms with E-state index in [1.54, 1.807) is 0 Å². The maximum atomic E-state index is 10.9. The predicted octanol–water partition coefficient (Wildman–Crippen LogP) is 1.76. The minimum atomic E-state index is -0.175. The summed E-state index contributed by atoms with van der Waals surface area (Å²) >= 11 is 0. The molecule has 0 aromatic rings. The van der Waals surface area contributed by atoms with Crippen molar-refractivity contribution in [3.63, 3.8) is 0 Å². The molecule has 2 unspecified atom stereocenters. The number of hydrogen-bond acceptors (Lipinski definition) is 2. The first-order valence-electron chi connectivity index (χ1n) is 6.32. The lowest BCUT2D eigenvalue weighted by atomic mass is 9.65. The molecule has 16 heavy (non-hydrogen) atoms. The van der Waals surface area contributed by atoms with Crippen LogP contribution in [0.25, 0.3) is 0 Å². The molecule has 3 nitrogen and oxygen atoms in total. The summed E-state index contributed by atoms with van der Waals surface area (Å²) in [4.78, 5) is 13.3. The maximum absolute atomic E-state index is 10.9. The summed E-state index contributed by atoms with van der Waals surface area (Å²) in [5.41, 5.74) is 6.15. The van der Waals surface area contributed by atoms with Gasteiger partial charge in [0.1, 0.15) is 0 Å². The Hall–Kier alpha value is -0.570. The average molecular weight is 224 g/mol. The lowest BCUT2D eigenvalue weighted by Crippen LogP contribution is -2.35. The Morgan fingerprint density at radius 3 is 2.69 bits per heavy atom. The smallest absolute Gasteiger partial charge is 0.218 e. The van der Waals surface area contributed by atoms with Gasteiger partial charge in [-0.05, 0) is 30.1 Å². The Morgan fingerprint density at radius 2 is 2.06 bits per heavy atom. The largest absolute Gasteiger partial charge is 0.370 e. The first-order valence-corrected chi connectivity index (χ1v) is 6.32. The van der Waals surface area contributed by atoms with Gasteiger partial charge in [-0.2, -0.15) is 0 Å². The van der Waals surface area contributed by atoms with E-state index >= 15 is 0 Å². The zero-order chi connectivity index (χ0) is 12.0. The van der Waals surface area contributed by atoms with Crippen LogP contribution >= 0.6 is 0 Å². The Morgan fingerprint density at radius 1 is 1.38 bits per heavy atom. The van der Waals surface area contributed by atoms with Crippen LogP contribution in [0.4, 0.5) is 0 Å². The van der Waals surface area contributed by atoms with Gasteiger partial charge in [0.2, 0.25) is 5.91 Å². The van der Waals surface area contributed by atoms with Gasteiger partial charge >= 0.3 is 0 Å². The van der Waals surface area contributed by atoms with Crippen LogP contribution in [-0.2, 0) is 4.79 Å². The number of primary amides is 1. The van der Waals surface area contributed by atoms with Crippen molar-refractivity contribution in [1.29, 1.82) is 0 Å². The monoisotopic (exact) mass is 224 g/mol. The van der Waals surface area contributed by atoms with Gasteiger partial charge in [-0.15, -0.1) is 0 Å². The minimum Gasteiger partial charge on any atom is -0.370 e. The fourth-order valence-electron chi connectivity index (χ4n) is 4.09. The third-order valence-electron chi connectivity index (χ3n) is 4.17. The predicted molar refractivity (Wildman–Crippen MR) is 64.9 cm³/mol. The number of carbonyl (C=O) groups is 1. The van der Waals surface area contributed by atoms with E-state index in [4.69, 9.17) is 5.73 Å². The van der Waals surface area contributed by atoms with Gasteiger partial charge in [0.25, 0.3) is 0 Å². The van der Waals surface area contributed by atoms with E-state index in [0.717, 1.165) is 13.1 Å². The number of amides is 1. The molecule has 3 heteroatoms. The van der Waals surface area contributed by atoms with Crippen LogP contribution in [0.15, 0.2) is 0 Å². The molecule has 1 aliphatic heterocycles. The molecular formula is C13H24N2O. The van der Waals surface area contributed by atoms with Crippen LogP contribution in [0.1, 0.15) is 46.5 Å². The molecule has 1 amide bonds. The quantitative estimate of drug-likeness (QED) is 0.794. The van der Waals surface area contributed by atoms with E-state index in [1.807, 2.05) is 0 Å². The SMILES string of the molecule is CC1(C)CC2CC(C)(CN2CCC(N)=O)C1. The summed E-state index contributed by atoms with van der Waals surface area (Å²) < 4.78 is 0. The molecule has 2 aliphatic rings. The average Bonchev–Trinajstić information content (AvgIpc) is 2.31. The molecule has 0 aromatic carbocycles. The van der Waals surface area contributed by atoms with E-state index in [1.165, 1.54) is 19.3 Å². The van der Waals surface area contributed by atoms with Crippen LogP contribution < -0.4 is 5.73 Å². The second-order valence-corrected chi connectivity index (χ2v) is 6.90. The molecule has 1 heterocycles. The number of nitrogens with two attached hydrogens (primary N) is 1. The van der Waals surface area contributed by atoms with Crippen LogP contribution in [-0.4, -0.2) is 29.9 Å². The minimum absolute atomic E-state index is 0.175. The van der Waals surface area contributed by atoms with Crippen LogP contribution in [0.5, 0.6) is 0 Å². The first-order chi connectivity index (χ1) is 7.30. The second kappa shape index (κ2) is 3.73. The summed E-state index contributed by atoms with van der Waals surface area (Å²) in [6, 6.07) is 0.674. The van der Waals surface area contributed by atoms with Crippen LogP contribution in [0, 0.1) is 10.8 Å². The van der Waals surface area contributed by atoms with Crippen molar-refractivity contribution in [3.05, 3.63) is 0 Å². The van der Waals surface area contributed by atoms with E-state index in [-0.39, 0.29) is 5.91 Å². The zero-order valence-corrected chi connectivity index (χ0v) is 10.8. The van der Waals surface area contributed by atoms with E-state index in [0.29, 0.717) is 23.3 Å². The molecule has 1 saturated heterocycles. The molecule has 0 aromatic heterocycles. The Labute approximate surface area is 98.4 Å². The number of hydrogen-bond donors (Lipinski definition) is 1. The highest BCUT2D eigenvalue weighted by molar-refractivity contribution is 5.73. The fourth-order valence-corrected chi connectivity index (χ4v) is 4.09. The third-order valence-corrected chi connectivity index (χ3v) is 4.17. The van der Waals surface area contributed by atoms with Gasteiger partial charge in [-0.25, -0.2) is 0 Å². The van der Waals surface area contributed by atoms with E-state index in [9.17, 15) is 4.79 Å². The fraction of sp³-hybridized carbons (Fsp3) is 0.923. The normalized spacial score (nSPS) is 37.6. The highest BCUT2D eigenvalue weighted by Gasteiger charge is 2.49. The molecule has 0 spiro atoms. The van der Waals surface area contributed by atoms with Crippen molar-refractivity contribution in [1.82, 2.24) is 4.90 Å². The zero-order valence-electron chi connectivity index (χ0n) is 10.8. The van der Waals surface area contributed by atoms with Crippen molar-refractivity contribution in [3.8, 4) is 0 Å². The van der Waals surface area contributed by atoms with Crippen molar-refractivity contribution in [2.45, 2.75) is 52.5 Å². The van der Waals surface area contributed by atoms with Gasteiger partial charge in [-0.1, -0.05) is 20.8 Å². The summed E-state index contributed by atoms with van der Waals surface area (Å²) in [7, 11) is 0. The molecule has 92 valence electrons. The van der Waals surface area contributed by atoms with Gasteiger partial charge in [-0.3, -0.25) is 9.69 Å². The first kappa shape index (κ1) is 11.9. The number of nitrogens with zero attached hydrogens (tertiary/aromatic N) is 1. The van der Waals surface area contributed by atoms with Crippen molar-refractivity contribution < 1.29 is 4.79 Å². The third kappa shape index (κ3) is 2.40. The topological polar surface area (TPSA) is 46.3 Å². The molecule has 1 saturated carbocycles. The number of fused-ring (bicyclic) bond motifs is 2. The summed E-state index contributed by atoms with van der Waals surface area (Å²) in [5.74, 6) is -0.175. The van der Waals surface area contributed by atoms with E-state index < -0.39 is 0 Å². The Balaban J connectivity index is 2.02. The standard InChI is InChI=1S/C13H24N2O/c1-12(2)6-10-7-13(3,8-12)9-15(10)5-4-11(14)16/h10H,4-9H2,1-3H3,(H2,14,16). The lowest BCUT2D eigenvalue weighted by Gasteiger charge is -2.39.